The Morgan fingerprint density at radius 3 is 1.09 bits per heavy atom. The zero-order valence-electron chi connectivity index (χ0n) is 25.1. The number of nitrogens with zero attached hydrogens (tertiary/aromatic N) is 2. The van der Waals surface area contributed by atoms with E-state index in [1.807, 2.05) is 0 Å². The zero-order valence-corrected chi connectivity index (χ0v) is 25.9. The van der Waals surface area contributed by atoms with Gasteiger partial charge in [-0.15, -0.1) is 10.0 Å². The molecule has 7 aromatic rings. The molecule has 0 atom stereocenters. The van der Waals surface area contributed by atoms with Gasteiger partial charge in [0.1, 0.15) is 0 Å². The summed E-state index contributed by atoms with van der Waals surface area (Å²) in [5, 5.41) is 0. The van der Waals surface area contributed by atoms with Crippen LogP contribution in [0.1, 0.15) is 0 Å². The van der Waals surface area contributed by atoms with Crippen LogP contribution < -0.4 is 26.2 Å². The maximum atomic E-state index is 2.51. The predicted molar refractivity (Wildman–Crippen MR) is 194 cm³/mol. The molecule has 0 saturated heterocycles. The number of benzene rings is 7. The van der Waals surface area contributed by atoms with Gasteiger partial charge in [0.25, 0.3) is 6.71 Å². The molecule has 0 N–H and O–H groups in total. The van der Waals surface area contributed by atoms with Gasteiger partial charge in [0.15, 0.2) is 0 Å². The Labute approximate surface area is 271 Å². The van der Waals surface area contributed by atoms with Crippen molar-refractivity contribution < 1.29 is 0 Å². The largest absolute Gasteiger partial charge is 0.311 e. The monoisotopic (exact) mass is 604 g/mol. The molecule has 0 saturated carbocycles. The van der Waals surface area contributed by atoms with E-state index in [9.17, 15) is 0 Å². The third-order valence-electron chi connectivity index (χ3n) is 9.86. The number of anilines is 6. The van der Waals surface area contributed by atoms with E-state index in [1.54, 1.807) is 0 Å². The third-order valence-corrected chi connectivity index (χ3v) is 13.8. The van der Waals surface area contributed by atoms with Crippen LogP contribution in [0, 0.1) is 0 Å². The van der Waals surface area contributed by atoms with Crippen LogP contribution in [0.15, 0.2) is 196 Å². The average molecular weight is 605 g/mol. The molecule has 3 aliphatic heterocycles. The summed E-state index contributed by atoms with van der Waals surface area (Å²) in [6.07, 6.45) is 0. The number of para-hydroxylation sites is 2. The first-order valence-corrected chi connectivity index (χ1v) is 17.5. The van der Waals surface area contributed by atoms with E-state index in [4.69, 9.17) is 0 Å². The second-order valence-electron chi connectivity index (χ2n) is 12.1. The molecule has 7 aromatic carbocycles. The molecule has 0 spiro atoms. The Bertz CT molecular complexity index is 2110. The van der Waals surface area contributed by atoms with Crippen LogP contribution in [0.3, 0.4) is 0 Å². The van der Waals surface area contributed by atoms with Crippen LogP contribution in [0.2, 0.25) is 0 Å². The van der Waals surface area contributed by atoms with Crippen molar-refractivity contribution in [3.63, 3.8) is 0 Å². The van der Waals surface area contributed by atoms with E-state index < -0.39 is 10.0 Å². The molecular weight excluding hydrogens is 575 g/mol. The molecule has 0 aromatic heterocycles. The van der Waals surface area contributed by atoms with Gasteiger partial charge in [-0.2, -0.15) is 0 Å². The van der Waals surface area contributed by atoms with Crippen molar-refractivity contribution in [2.24, 2.45) is 0 Å². The van der Waals surface area contributed by atoms with Gasteiger partial charge in [-0.25, -0.2) is 0 Å². The molecule has 0 aliphatic carbocycles. The summed E-state index contributed by atoms with van der Waals surface area (Å²) in [7, 11) is -1.87. The van der Waals surface area contributed by atoms with Crippen molar-refractivity contribution in [3.05, 3.63) is 176 Å². The summed E-state index contributed by atoms with van der Waals surface area (Å²) in [4.78, 5) is 10.6. The van der Waals surface area contributed by atoms with Crippen molar-refractivity contribution >= 4 is 67.3 Å². The lowest BCUT2D eigenvalue weighted by molar-refractivity contribution is 1.19. The van der Waals surface area contributed by atoms with E-state index in [-0.39, 0.29) is 6.71 Å². The van der Waals surface area contributed by atoms with Crippen LogP contribution in [0.4, 0.5) is 34.1 Å². The van der Waals surface area contributed by atoms with E-state index in [2.05, 4.69) is 186 Å². The lowest BCUT2D eigenvalue weighted by Crippen LogP contribution is -2.64. The molecule has 0 unspecified atom stereocenters. The van der Waals surface area contributed by atoms with Crippen LogP contribution >= 0.6 is 10.0 Å². The molecule has 0 amide bonds. The number of hydrogen-bond donors (Lipinski definition) is 0. The van der Waals surface area contributed by atoms with Gasteiger partial charge in [-0.1, -0.05) is 91.0 Å². The minimum atomic E-state index is -1.87. The van der Waals surface area contributed by atoms with Crippen molar-refractivity contribution in [1.29, 1.82) is 0 Å². The van der Waals surface area contributed by atoms with Crippen molar-refractivity contribution in [1.82, 2.24) is 0 Å². The average Bonchev–Trinajstić information content (AvgIpc) is 3.13. The summed E-state index contributed by atoms with van der Waals surface area (Å²) in [6, 6.07) is 65.4. The zero-order chi connectivity index (χ0) is 30.2. The fourth-order valence-corrected chi connectivity index (χ4v) is 12.5. The van der Waals surface area contributed by atoms with Crippen LogP contribution in [-0.4, -0.2) is 6.71 Å². The van der Waals surface area contributed by atoms with Crippen LogP contribution in [-0.2, 0) is 0 Å². The highest BCUT2D eigenvalue weighted by atomic mass is 32.3. The Hall–Kier alpha value is -5.45. The van der Waals surface area contributed by atoms with Crippen molar-refractivity contribution in [3.8, 4) is 0 Å². The minimum absolute atomic E-state index is 0.122. The predicted octanol–water partition coefficient (Wildman–Crippen LogP) is 9.42. The first kappa shape index (κ1) is 25.8. The molecule has 3 heterocycles. The Morgan fingerprint density at radius 1 is 0.326 bits per heavy atom. The van der Waals surface area contributed by atoms with Gasteiger partial charge < -0.3 is 9.80 Å². The minimum Gasteiger partial charge on any atom is -0.311 e. The topological polar surface area (TPSA) is 6.48 Å². The van der Waals surface area contributed by atoms with Gasteiger partial charge in [0.05, 0.1) is 0 Å². The van der Waals surface area contributed by atoms with Crippen molar-refractivity contribution in [2.45, 2.75) is 19.6 Å². The smallest absolute Gasteiger partial charge is 0.255 e. The molecule has 46 heavy (non-hydrogen) atoms. The molecule has 2 nitrogen and oxygen atoms in total. The molecule has 10 rings (SSSR count). The van der Waals surface area contributed by atoms with E-state index in [0.29, 0.717) is 0 Å². The van der Waals surface area contributed by atoms with Crippen LogP contribution in [0.25, 0.3) is 0 Å². The number of rotatable bonds is 4. The molecule has 0 fully saturated rings. The second-order valence-corrected chi connectivity index (χ2v) is 15.1. The Balaban J connectivity index is 1.43. The lowest BCUT2D eigenvalue weighted by atomic mass is 9.33. The third kappa shape index (κ3) is 3.29. The molecule has 4 heteroatoms. The first-order chi connectivity index (χ1) is 22.9. The first-order valence-electron chi connectivity index (χ1n) is 15.9. The highest BCUT2D eigenvalue weighted by Gasteiger charge is 2.53. The number of hydrogen-bond acceptors (Lipinski definition) is 2. The van der Waals surface area contributed by atoms with Gasteiger partial charge in [-0.3, -0.25) is 0 Å². The van der Waals surface area contributed by atoms with Crippen LogP contribution in [0.5, 0.6) is 0 Å². The maximum Gasteiger partial charge on any atom is 0.255 e. The van der Waals surface area contributed by atoms with Gasteiger partial charge >= 0.3 is 0 Å². The van der Waals surface area contributed by atoms with E-state index in [1.165, 1.54) is 70.1 Å². The highest BCUT2D eigenvalue weighted by Crippen LogP contribution is 2.74. The fourth-order valence-electron chi connectivity index (χ4n) is 8.21. The summed E-state index contributed by atoms with van der Waals surface area (Å²) in [6.45, 7) is 0.122. The van der Waals surface area contributed by atoms with Crippen molar-refractivity contribution in [2.75, 3.05) is 9.80 Å². The molecule has 0 bridgehead atoms. The Morgan fingerprint density at radius 2 is 0.674 bits per heavy atom. The Kier molecular flexibility index (Phi) is 5.49. The fraction of sp³-hybridized carbons (Fsp3) is 0. The molecule has 0 radical (unpaired) electrons. The summed E-state index contributed by atoms with van der Waals surface area (Å²) >= 11 is 0. The highest BCUT2D eigenvalue weighted by molar-refractivity contribution is 8.34. The molecule has 216 valence electrons. The van der Waals surface area contributed by atoms with Gasteiger partial charge in [-0.05, 0) is 111 Å². The van der Waals surface area contributed by atoms with E-state index in [0.717, 1.165) is 0 Å². The normalized spacial score (nSPS) is 15.3. The summed E-state index contributed by atoms with van der Waals surface area (Å²) in [5.41, 5.74) is 11.7. The maximum absolute atomic E-state index is 2.51. The van der Waals surface area contributed by atoms with E-state index >= 15 is 0 Å². The summed E-state index contributed by atoms with van der Waals surface area (Å²) < 4.78 is 0. The van der Waals surface area contributed by atoms with Gasteiger partial charge in [0.2, 0.25) is 0 Å². The quantitative estimate of drug-likeness (QED) is 0.185. The second kappa shape index (κ2) is 9.78. The lowest BCUT2D eigenvalue weighted by Gasteiger charge is -2.54. The molecular formula is C42H29BN2S. The standard InChI is InChI=1S/C42H29BN2S/c1-5-16-30(17-6-1)44-34-24-13-25-35-40(34)43-41-36(44)26-14-28-38(41)46(32-20-9-3-10-21-32,33-22-11-4-12-23-33)39-29-15-27-37(42(39)43)45(35)31-18-7-2-8-19-31/h1-29H. The molecule has 3 aliphatic rings. The summed E-state index contributed by atoms with van der Waals surface area (Å²) in [5.74, 6) is 0. The SMILES string of the molecule is c1ccc(N2c3cccc4c3B3c5c2cccc5S(c2ccccc2)(c2ccccc2)c2cccc(c23)N4c2ccccc2)cc1. The van der Waals surface area contributed by atoms with Gasteiger partial charge in [0, 0.05) is 43.9 Å².